The molecule has 0 spiro atoms. The van der Waals surface area contributed by atoms with Crippen LogP contribution in [-0.2, 0) is 6.42 Å². The summed E-state index contributed by atoms with van der Waals surface area (Å²) in [5.41, 5.74) is 7.50. The van der Waals surface area contributed by atoms with Gasteiger partial charge in [0.15, 0.2) is 0 Å². The van der Waals surface area contributed by atoms with Gasteiger partial charge in [0.25, 0.3) is 0 Å². The number of hydrogen-bond acceptors (Lipinski definition) is 0. The topological polar surface area (TPSA) is 0 Å². The molecular weight excluding hydrogens is 216 g/mol. The van der Waals surface area contributed by atoms with Crippen LogP contribution in [0.4, 0.5) is 0 Å². The average Bonchev–Trinajstić information content (AvgIpc) is 2.63. The highest BCUT2D eigenvalue weighted by atomic mass is 14.4. The largest absolute Gasteiger partial charge is 0.0909 e. The van der Waals surface area contributed by atoms with Crippen LogP contribution >= 0.6 is 0 Å². The molecule has 0 N–H and O–H groups in total. The second-order valence-electron chi connectivity index (χ2n) is 5.82. The summed E-state index contributed by atoms with van der Waals surface area (Å²) in [6.45, 7) is 9.15. The van der Waals surface area contributed by atoms with Crippen molar-refractivity contribution >= 4 is 5.57 Å². The monoisotopic (exact) mass is 238 g/mol. The Bertz CT molecular complexity index is 519. The lowest BCUT2D eigenvalue weighted by Gasteiger charge is -2.16. The molecule has 0 aliphatic heterocycles. The van der Waals surface area contributed by atoms with Crippen LogP contribution in [0.3, 0.4) is 0 Å². The zero-order valence-electron chi connectivity index (χ0n) is 11.5. The fraction of sp³-hybridized carbons (Fsp3) is 0.444. The smallest absolute Gasteiger partial charge is 0.0153 e. The lowest BCUT2D eigenvalue weighted by atomic mass is 9.88. The summed E-state index contributed by atoms with van der Waals surface area (Å²) in [7, 11) is 0. The molecule has 18 heavy (non-hydrogen) atoms. The Morgan fingerprint density at radius 2 is 2.00 bits per heavy atom. The fourth-order valence-electron chi connectivity index (χ4n) is 3.85. The molecule has 0 amide bonds. The Morgan fingerprint density at radius 1 is 1.22 bits per heavy atom. The third-order valence-corrected chi connectivity index (χ3v) is 4.81. The number of rotatable bonds is 1. The van der Waals surface area contributed by atoms with E-state index in [1.165, 1.54) is 42.4 Å². The SMILES string of the molecule is C=C1C2=C(CCc3ccccc31)C(C)CC2CC. The van der Waals surface area contributed by atoms with Gasteiger partial charge in [-0.15, -0.1) is 0 Å². The molecule has 0 saturated carbocycles. The van der Waals surface area contributed by atoms with Crippen LogP contribution in [0.15, 0.2) is 42.0 Å². The number of aryl methyl sites for hydroxylation is 1. The van der Waals surface area contributed by atoms with Gasteiger partial charge in [-0.05, 0) is 59.8 Å². The van der Waals surface area contributed by atoms with Gasteiger partial charge in [0.2, 0.25) is 0 Å². The normalized spacial score (nSPS) is 26.9. The van der Waals surface area contributed by atoms with Gasteiger partial charge in [0.05, 0.1) is 0 Å². The summed E-state index contributed by atoms with van der Waals surface area (Å²) in [6.07, 6.45) is 5.02. The van der Waals surface area contributed by atoms with Gasteiger partial charge in [0.1, 0.15) is 0 Å². The predicted molar refractivity (Wildman–Crippen MR) is 78.4 cm³/mol. The number of fused-ring (bicyclic) bond motifs is 1. The van der Waals surface area contributed by atoms with Crippen molar-refractivity contribution in [2.24, 2.45) is 11.8 Å². The molecule has 94 valence electrons. The molecule has 0 radical (unpaired) electrons. The molecular formula is C18H22. The summed E-state index contributed by atoms with van der Waals surface area (Å²) < 4.78 is 0. The molecule has 2 aliphatic carbocycles. The molecule has 2 atom stereocenters. The first-order valence-electron chi connectivity index (χ1n) is 7.22. The first-order valence-corrected chi connectivity index (χ1v) is 7.22. The zero-order chi connectivity index (χ0) is 12.7. The molecule has 0 aromatic heterocycles. The Hall–Kier alpha value is -1.30. The lowest BCUT2D eigenvalue weighted by molar-refractivity contribution is 0.517. The third-order valence-electron chi connectivity index (χ3n) is 4.81. The molecule has 2 aliphatic rings. The second-order valence-corrected chi connectivity index (χ2v) is 5.82. The number of allylic oxidation sites excluding steroid dienone is 3. The van der Waals surface area contributed by atoms with E-state index in [0.717, 1.165) is 11.8 Å². The van der Waals surface area contributed by atoms with Gasteiger partial charge in [-0.1, -0.05) is 50.3 Å². The molecule has 0 fully saturated rings. The molecule has 0 nitrogen and oxygen atoms in total. The number of hydrogen-bond donors (Lipinski definition) is 0. The lowest BCUT2D eigenvalue weighted by Crippen LogP contribution is -2.01. The first-order chi connectivity index (χ1) is 8.72. The molecule has 0 heteroatoms. The maximum atomic E-state index is 4.43. The molecule has 3 rings (SSSR count). The minimum atomic E-state index is 0.744. The van der Waals surface area contributed by atoms with Crippen molar-refractivity contribution in [1.29, 1.82) is 0 Å². The summed E-state index contributed by atoms with van der Waals surface area (Å²) in [6, 6.07) is 8.83. The third kappa shape index (κ3) is 1.67. The van der Waals surface area contributed by atoms with E-state index in [0.29, 0.717) is 0 Å². The molecule has 0 heterocycles. The van der Waals surface area contributed by atoms with Gasteiger partial charge in [0, 0.05) is 0 Å². The minimum Gasteiger partial charge on any atom is -0.0909 e. The van der Waals surface area contributed by atoms with Crippen molar-refractivity contribution in [2.45, 2.75) is 39.5 Å². The average molecular weight is 238 g/mol. The number of benzene rings is 1. The zero-order valence-corrected chi connectivity index (χ0v) is 11.5. The van der Waals surface area contributed by atoms with Crippen molar-refractivity contribution < 1.29 is 0 Å². The van der Waals surface area contributed by atoms with Gasteiger partial charge in [-0.25, -0.2) is 0 Å². The summed E-state index contributed by atoms with van der Waals surface area (Å²) >= 11 is 0. The van der Waals surface area contributed by atoms with Crippen LogP contribution in [-0.4, -0.2) is 0 Å². The highest BCUT2D eigenvalue weighted by Gasteiger charge is 2.33. The highest BCUT2D eigenvalue weighted by Crippen LogP contribution is 2.48. The van der Waals surface area contributed by atoms with E-state index in [9.17, 15) is 0 Å². The fourth-order valence-corrected chi connectivity index (χ4v) is 3.85. The molecule has 0 bridgehead atoms. The van der Waals surface area contributed by atoms with Crippen molar-refractivity contribution in [3.05, 3.63) is 53.1 Å². The second kappa shape index (κ2) is 4.42. The van der Waals surface area contributed by atoms with Gasteiger partial charge < -0.3 is 0 Å². The molecule has 1 aromatic rings. The van der Waals surface area contributed by atoms with E-state index < -0.39 is 0 Å². The van der Waals surface area contributed by atoms with Crippen molar-refractivity contribution in [3.63, 3.8) is 0 Å². The quantitative estimate of drug-likeness (QED) is 0.645. The van der Waals surface area contributed by atoms with Crippen LogP contribution < -0.4 is 0 Å². The van der Waals surface area contributed by atoms with Crippen molar-refractivity contribution in [2.75, 3.05) is 0 Å². The Balaban J connectivity index is 2.11. The van der Waals surface area contributed by atoms with E-state index in [1.807, 2.05) is 0 Å². The van der Waals surface area contributed by atoms with Crippen LogP contribution in [0.2, 0.25) is 0 Å². The van der Waals surface area contributed by atoms with E-state index in [2.05, 4.69) is 44.7 Å². The maximum Gasteiger partial charge on any atom is -0.0153 e. The van der Waals surface area contributed by atoms with Crippen LogP contribution in [0.5, 0.6) is 0 Å². The Labute approximate surface area is 110 Å². The highest BCUT2D eigenvalue weighted by molar-refractivity contribution is 5.82. The Morgan fingerprint density at radius 3 is 2.78 bits per heavy atom. The van der Waals surface area contributed by atoms with Gasteiger partial charge in [-0.2, -0.15) is 0 Å². The maximum absolute atomic E-state index is 4.43. The molecule has 2 unspecified atom stereocenters. The van der Waals surface area contributed by atoms with Gasteiger partial charge >= 0.3 is 0 Å². The van der Waals surface area contributed by atoms with E-state index in [-0.39, 0.29) is 0 Å². The summed E-state index contributed by atoms with van der Waals surface area (Å²) in [5.74, 6) is 1.50. The minimum absolute atomic E-state index is 0.744. The Kier molecular flexibility index (Phi) is 2.89. The van der Waals surface area contributed by atoms with E-state index in [1.54, 1.807) is 11.1 Å². The summed E-state index contributed by atoms with van der Waals surface area (Å²) in [4.78, 5) is 0. The molecule has 0 saturated heterocycles. The van der Waals surface area contributed by atoms with Crippen molar-refractivity contribution in [1.82, 2.24) is 0 Å². The van der Waals surface area contributed by atoms with Crippen LogP contribution in [0.25, 0.3) is 5.57 Å². The van der Waals surface area contributed by atoms with Crippen LogP contribution in [0, 0.1) is 11.8 Å². The van der Waals surface area contributed by atoms with Crippen molar-refractivity contribution in [3.8, 4) is 0 Å². The van der Waals surface area contributed by atoms with E-state index in [4.69, 9.17) is 0 Å². The summed E-state index contributed by atoms with van der Waals surface area (Å²) in [5, 5.41) is 0. The van der Waals surface area contributed by atoms with Crippen LogP contribution in [0.1, 0.15) is 44.2 Å². The van der Waals surface area contributed by atoms with Gasteiger partial charge in [-0.3, -0.25) is 0 Å². The van der Waals surface area contributed by atoms with E-state index >= 15 is 0 Å². The first kappa shape index (κ1) is 11.8. The molecule has 1 aromatic carbocycles. The predicted octanol–water partition coefficient (Wildman–Crippen LogP) is 5.01. The standard InChI is InChI=1S/C18H22/c1-4-14-11-12(2)16-10-9-15-7-5-6-8-17(15)13(3)18(14)16/h5-8,12,14H,3-4,9-11H2,1-2H3.